The molecule has 0 bridgehead atoms. The number of hydrogen-bond donors (Lipinski definition) is 2. The number of nitrogens with one attached hydrogen (secondary N) is 1. The molecule has 1 amide bonds. The number of benzene rings is 1. The summed E-state index contributed by atoms with van der Waals surface area (Å²) in [5.41, 5.74) is 0.813. The summed E-state index contributed by atoms with van der Waals surface area (Å²) >= 11 is 0. The minimum atomic E-state index is -0.559. The van der Waals surface area contributed by atoms with Crippen LogP contribution in [-0.2, 0) is 10.2 Å². The monoisotopic (exact) mass is 344 g/mol. The lowest BCUT2D eigenvalue weighted by molar-refractivity contribution is 0.0933. The van der Waals surface area contributed by atoms with Gasteiger partial charge in [-0.1, -0.05) is 37.3 Å². The Morgan fingerprint density at radius 1 is 1.24 bits per heavy atom. The van der Waals surface area contributed by atoms with Crippen LogP contribution in [-0.4, -0.2) is 49.5 Å². The largest absolute Gasteiger partial charge is 0.490 e. The number of rotatable bonds is 9. The number of carbonyl (C=O) groups excluding carboxylic acids is 1. The average Bonchev–Trinajstić information content (AvgIpc) is 2.67. The molecule has 6 heteroatoms. The molecule has 1 atom stereocenters. The van der Waals surface area contributed by atoms with Crippen LogP contribution in [0.2, 0.25) is 0 Å². The van der Waals surface area contributed by atoms with Gasteiger partial charge in [0.1, 0.15) is 12.4 Å². The molecule has 0 aliphatic rings. The number of aliphatic hydroxyl groups is 1. The molecule has 0 saturated carbocycles. The van der Waals surface area contributed by atoms with Gasteiger partial charge in [-0.05, 0) is 11.6 Å². The van der Waals surface area contributed by atoms with Gasteiger partial charge in [-0.15, -0.1) is 0 Å². The van der Waals surface area contributed by atoms with Gasteiger partial charge in [-0.2, -0.15) is 0 Å². The molecule has 1 aromatic carbocycles. The third-order valence-electron chi connectivity index (χ3n) is 3.99. The first-order valence-corrected chi connectivity index (χ1v) is 8.10. The molecule has 0 aliphatic carbocycles. The highest BCUT2D eigenvalue weighted by atomic mass is 16.5. The van der Waals surface area contributed by atoms with Crippen molar-refractivity contribution in [2.75, 3.05) is 33.5 Å². The quantitative estimate of drug-likeness (QED) is 0.678. The lowest BCUT2D eigenvalue weighted by atomic mass is 9.83. The van der Waals surface area contributed by atoms with Crippen LogP contribution in [0.25, 0.3) is 0 Å². The molecule has 2 rings (SSSR count). The molecule has 6 nitrogen and oxygen atoms in total. The highest BCUT2D eigenvalue weighted by Gasteiger charge is 2.26. The zero-order valence-corrected chi connectivity index (χ0v) is 14.6. The van der Waals surface area contributed by atoms with Crippen LogP contribution in [0.15, 0.2) is 48.8 Å². The highest BCUT2D eigenvalue weighted by Crippen LogP contribution is 2.22. The molecular weight excluding hydrogens is 320 g/mol. The number of aromatic nitrogens is 1. The molecule has 0 fully saturated rings. The molecular formula is C19H24N2O4. The Kier molecular flexibility index (Phi) is 6.91. The highest BCUT2D eigenvalue weighted by molar-refractivity contribution is 5.94. The Morgan fingerprint density at radius 3 is 2.68 bits per heavy atom. The van der Waals surface area contributed by atoms with Crippen molar-refractivity contribution in [3.05, 3.63) is 59.9 Å². The second kappa shape index (κ2) is 9.15. The Labute approximate surface area is 147 Å². The standard InChI is InChI=1S/C19H24N2O4/c1-19(14-22,16-6-4-3-5-7-16)13-21-18(23)15-10-17(12-20-11-15)25-9-8-24-2/h3-7,10-12,22H,8-9,13-14H2,1-2H3,(H,21,23). The van der Waals surface area contributed by atoms with Crippen molar-refractivity contribution in [1.29, 1.82) is 0 Å². The minimum Gasteiger partial charge on any atom is -0.490 e. The first-order valence-electron chi connectivity index (χ1n) is 8.10. The lowest BCUT2D eigenvalue weighted by Crippen LogP contribution is -2.41. The molecule has 0 radical (unpaired) electrons. The van der Waals surface area contributed by atoms with E-state index in [2.05, 4.69) is 10.3 Å². The fraction of sp³-hybridized carbons (Fsp3) is 0.368. The van der Waals surface area contributed by atoms with Crippen molar-refractivity contribution in [3.8, 4) is 5.75 Å². The molecule has 1 heterocycles. The number of amides is 1. The van der Waals surface area contributed by atoms with Crippen molar-refractivity contribution >= 4 is 5.91 Å². The molecule has 1 unspecified atom stereocenters. The molecule has 0 saturated heterocycles. The van der Waals surface area contributed by atoms with Crippen LogP contribution < -0.4 is 10.1 Å². The van der Waals surface area contributed by atoms with Crippen LogP contribution in [0, 0.1) is 0 Å². The van der Waals surface area contributed by atoms with E-state index in [0.717, 1.165) is 5.56 Å². The van der Waals surface area contributed by atoms with Crippen LogP contribution in [0.5, 0.6) is 5.75 Å². The van der Waals surface area contributed by atoms with Crippen molar-refractivity contribution in [3.63, 3.8) is 0 Å². The summed E-state index contributed by atoms with van der Waals surface area (Å²) in [4.78, 5) is 16.4. The summed E-state index contributed by atoms with van der Waals surface area (Å²) < 4.78 is 10.4. The van der Waals surface area contributed by atoms with Gasteiger partial charge in [0.25, 0.3) is 5.91 Å². The molecule has 25 heavy (non-hydrogen) atoms. The number of nitrogens with zero attached hydrogens (tertiary/aromatic N) is 1. The average molecular weight is 344 g/mol. The van der Waals surface area contributed by atoms with E-state index in [-0.39, 0.29) is 12.5 Å². The number of aliphatic hydroxyl groups excluding tert-OH is 1. The first kappa shape index (κ1) is 18.9. The Hall–Kier alpha value is -2.44. The Bertz CT molecular complexity index is 678. The maximum atomic E-state index is 12.4. The van der Waals surface area contributed by atoms with E-state index < -0.39 is 5.41 Å². The topological polar surface area (TPSA) is 80.7 Å². The Morgan fingerprint density at radius 2 is 2.00 bits per heavy atom. The molecule has 0 aliphatic heterocycles. The van der Waals surface area contributed by atoms with E-state index in [0.29, 0.717) is 31.1 Å². The van der Waals surface area contributed by atoms with Crippen molar-refractivity contribution in [1.82, 2.24) is 10.3 Å². The van der Waals surface area contributed by atoms with Gasteiger partial charge in [0.2, 0.25) is 0 Å². The predicted octanol–water partition coefficient (Wildman–Crippen LogP) is 1.79. The molecule has 134 valence electrons. The zero-order valence-electron chi connectivity index (χ0n) is 14.6. The van der Waals surface area contributed by atoms with Gasteiger partial charge in [0.15, 0.2) is 0 Å². The van der Waals surface area contributed by atoms with Crippen LogP contribution in [0.3, 0.4) is 0 Å². The lowest BCUT2D eigenvalue weighted by Gasteiger charge is -2.28. The van der Waals surface area contributed by atoms with Gasteiger partial charge in [0.05, 0.1) is 25.0 Å². The predicted molar refractivity (Wildman–Crippen MR) is 94.8 cm³/mol. The summed E-state index contributed by atoms with van der Waals surface area (Å²) in [6.45, 7) is 2.99. The van der Waals surface area contributed by atoms with Gasteiger partial charge in [-0.25, -0.2) is 0 Å². The number of ether oxygens (including phenoxy) is 2. The van der Waals surface area contributed by atoms with E-state index in [1.165, 1.54) is 6.20 Å². The summed E-state index contributed by atoms with van der Waals surface area (Å²) in [6, 6.07) is 11.3. The van der Waals surface area contributed by atoms with Crippen LogP contribution in [0.4, 0.5) is 0 Å². The molecule has 1 aromatic heterocycles. The summed E-state index contributed by atoms with van der Waals surface area (Å²) in [5, 5.41) is 12.7. The zero-order chi connectivity index (χ0) is 18.1. The van der Waals surface area contributed by atoms with Gasteiger partial charge < -0.3 is 19.9 Å². The number of pyridine rings is 1. The molecule has 0 spiro atoms. The smallest absolute Gasteiger partial charge is 0.253 e. The number of carbonyl (C=O) groups is 1. The van der Waals surface area contributed by atoms with Gasteiger partial charge >= 0.3 is 0 Å². The molecule has 2 N–H and O–H groups in total. The maximum Gasteiger partial charge on any atom is 0.253 e. The Balaban J connectivity index is 2.00. The van der Waals surface area contributed by atoms with E-state index in [1.54, 1.807) is 19.4 Å². The summed E-state index contributed by atoms with van der Waals surface area (Å²) in [6.07, 6.45) is 3.03. The van der Waals surface area contributed by atoms with Crippen molar-refractivity contribution in [2.24, 2.45) is 0 Å². The van der Waals surface area contributed by atoms with Gasteiger partial charge in [-0.3, -0.25) is 9.78 Å². The third-order valence-corrected chi connectivity index (χ3v) is 3.99. The fourth-order valence-electron chi connectivity index (χ4n) is 2.33. The van der Waals surface area contributed by atoms with Crippen LogP contribution in [0.1, 0.15) is 22.8 Å². The van der Waals surface area contributed by atoms with E-state index in [1.807, 2.05) is 37.3 Å². The normalized spacial score (nSPS) is 13.1. The summed E-state index contributed by atoms with van der Waals surface area (Å²) in [5.74, 6) is 0.248. The SMILES string of the molecule is COCCOc1cncc(C(=O)NCC(C)(CO)c2ccccc2)c1. The first-order chi connectivity index (χ1) is 12.1. The van der Waals surface area contributed by atoms with Gasteiger partial charge in [0, 0.05) is 25.3 Å². The third kappa shape index (κ3) is 5.27. The fourth-order valence-corrected chi connectivity index (χ4v) is 2.33. The number of hydrogen-bond acceptors (Lipinski definition) is 5. The van der Waals surface area contributed by atoms with Crippen LogP contribution >= 0.6 is 0 Å². The second-order valence-electron chi connectivity index (χ2n) is 6.02. The van der Waals surface area contributed by atoms with E-state index >= 15 is 0 Å². The maximum absolute atomic E-state index is 12.4. The van der Waals surface area contributed by atoms with Crippen molar-refractivity contribution < 1.29 is 19.4 Å². The van der Waals surface area contributed by atoms with Crippen molar-refractivity contribution in [2.45, 2.75) is 12.3 Å². The summed E-state index contributed by atoms with van der Waals surface area (Å²) in [7, 11) is 1.59. The number of methoxy groups -OCH3 is 1. The van der Waals surface area contributed by atoms with E-state index in [9.17, 15) is 9.90 Å². The molecule has 2 aromatic rings. The second-order valence-corrected chi connectivity index (χ2v) is 6.02. The van der Waals surface area contributed by atoms with E-state index in [4.69, 9.17) is 9.47 Å². The minimum absolute atomic E-state index is 0.0737.